The fraction of sp³-hybridized carbons (Fsp3) is 0.667. The summed E-state index contributed by atoms with van der Waals surface area (Å²) in [5.74, 6) is 0. The molecule has 1 heterocycles. The molecular formula is C9H16N2O3. The zero-order chi connectivity index (χ0) is 10.6. The lowest BCUT2D eigenvalue weighted by Crippen LogP contribution is -2.47. The number of hydrogen-bond acceptors (Lipinski definition) is 4. The first-order valence-corrected chi connectivity index (χ1v) is 4.54. The maximum atomic E-state index is 11.3. The standard InChI is InChI=1S/C9H16N2O3/c1-2-5-14-8(13)11-4-3-9(10,6-11)7-12/h2,12H,1,3-7,10H2/t9-/m1/s1. The van der Waals surface area contributed by atoms with E-state index in [4.69, 9.17) is 15.6 Å². The Morgan fingerprint density at radius 3 is 3.00 bits per heavy atom. The Hall–Kier alpha value is -1.07. The van der Waals surface area contributed by atoms with Gasteiger partial charge in [-0.2, -0.15) is 0 Å². The Balaban J connectivity index is 2.41. The zero-order valence-electron chi connectivity index (χ0n) is 8.11. The Kier molecular flexibility index (Phi) is 3.49. The largest absolute Gasteiger partial charge is 0.445 e. The smallest absolute Gasteiger partial charge is 0.410 e. The Morgan fingerprint density at radius 1 is 1.79 bits per heavy atom. The maximum absolute atomic E-state index is 11.3. The van der Waals surface area contributed by atoms with Gasteiger partial charge in [0.2, 0.25) is 0 Å². The van der Waals surface area contributed by atoms with Crippen LogP contribution in [0.1, 0.15) is 6.42 Å². The molecule has 1 aliphatic rings. The molecule has 1 atom stereocenters. The fourth-order valence-corrected chi connectivity index (χ4v) is 1.40. The third-order valence-electron chi connectivity index (χ3n) is 2.28. The molecule has 14 heavy (non-hydrogen) atoms. The molecule has 0 radical (unpaired) electrons. The van der Waals surface area contributed by atoms with Crippen molar-refractivity contribution in [2.45, 2.75) is 12.0 Å². The van der Waals surface area contributed by atoms with Crippen LogP contribution in [0.3, 0.4) is 0 Å². The van der Waals surface area contributed by atoms with Gasteiger partial charge in [-0.15, -0.1) is 0 Å². The van der Waals surface area contributed by atoms with Crippen molar-refractivity contribution in [3.8, 4) is 0 Å². The van der Waals surface area contributed by atoms with Crippen LogP contribution in [0.2, 0.25) is 0 Å². The number of rotatable bonds is 3. The van der Waals surface area contributed by atoms with E-state index in [0.717, 1.165) is 0 Å². The van der Waals surface area contributed by atoms with Crippen molar-refractivity contribution < 1.29 is 14.6 Å². The van der Waals surface area contributed by atoms with Crippen LogP contribution in [0.25, 0.3) is 0 Å². The van der Waals surface area contributed by atoms with Crippen LogP contribution in [0, 0.1) is 0 Å². The van der Waals surface area contributed by atoms with E-state index < -0.39 is 11.6 Å². The lowest BCUT2D eigenvalue weighted by Gasteiger charge is -2.21. The molecule has 0 aromatic rings. The third kappa shape index (κ3) is 2.46. The monoisotopic (exact) mass is 200 g/mol. The topological polar surface area (TPSA) is 75.8 Å². The number of ether oxygens (including phenoxy) is 1. The molecule has 80 valence electrons. The number of nitrogens with zero attached hydrogens (tertiary/aromatic N) is 1. The van der Waals surface area contributed by atoms with Crippen molar-refractivity contribution in [2.24, 2.45) is 5.73 Å². The second kappa shape index (κ2) is 4.43. The van der Waals surface area contributed by atoms with E-state index in [-0.39, 0.29) is 13.2 Å². The highest BCUT2D eigenvalue weighted by molar-refractivity contribution is 5.68. The van der Waals surface area contributed by atoms with Crippen molar-refractivity contribution in [1.82, 2.24) is 4.90 Å². The highest BCUT2D eigenvalue weighted by atomic mass is 16.6. The van der Waals surface area contributed by atoms with E-state index in [2.05, 4.69) is 6.58 Å². The molecule has 0 aliphatic carbocycles. The van der Waals surface area contributed by atoms with Crippen molar-refractivity contribution in [2.75, 3.05) is 26.3 Å². The predicted octanol–water partition coefficient (Wildman–Crippen LogP) is -0.295. The number of carbonyl (C=O) groups is 1. The SMILES string of the molecule is C=CCOC(=O)N1CC[C@](N)(CO)C1. The summed E-state index contributed by atoms with van der Waals surface area (Å²) in [5.41, 5.74) is 5.14. The van der Waals surface area contributed by atoms with E-state index in [0.29, 0.717) is 19.5 Å². The van der Waals surface area contributed by atoms with Gasteiger partial charge in [-0.25, -0.2) is 4.79 Å². The number of aliphatic hydroxyl groups is 1. The van der Waals surface area contributed by atoms with Crippen LogP contribution in [0.5, 0.6) is 0 Å². The Bertz CT molecular complexity index is 232. The summed E-state index contributed by atoms with van der Waals surface area (Å²) in [4.78, 5) is 12.8. The number of nitrogens with two attached hydrogens (primary N) is 1. The molecule has 1 aliphatic heterocycles. The van der Waals surface area contributed by atoms with Crippen LogP contribution in [0.15, 0.2) is 12.7 Å². The van der Waals surface area contributed by atoms with Gasteiger partial charge in [0.15, 0.2) is 0 Å². The van der Waals surface area contributed by atoms with E-state index in [1.54, 1.807) is 0 Å². The van der Waals surface area contributed by atoms with E-state index in [1.807, 2.05) is 0 Å². The average Bonchev–Trinajstić information content (AvgIpc) is 2.58. The Morgan fingerprint density at radius 2 is 2.50 bits per heavy atom. The number of carbonyl (C=O) groups excluding carboxylic acids is 1. The highest BCUT2D eigenvalue weighted by Gasteiger charge is 2.36. The lowest BCUT2D eigenvalue weighted by molar-refractivity contribution is 0.116. The molecule has 5 nitrogen and oxygen atoms in total. The summed E-state index contributed by atoms with van der Waals surface area (Å²) in [7, 11) is 0. The highest BCUT2D eigenvalue weighted by Crippen LogP contribution is 2.18. The summed E-state index contributed by atoms with van der Waals surface area (Å²) in [6, 6.07) is 0. The van der Waals surface area contributed by atoms with Gasteiger partial charge >= 0.3 is 6.09 Å². The second-order valence-corrected chi connectivity index (χ2v) is 3.56. The second-order valence-electron chi connectivity index (χ2n) is 3.56. The van der Waals surface area contributed by atoms with Gasteiger partial charge < -0.3 is 20.5 Å². The fourth-order valence-electron chi connectivity index (χ4n) is 1.40. The van der Waals surface area contributed by atoms with Gasteiger partial charge in [0.05, 0.1) is 12.1 Å². The first kappa shape index (κ1) is 11.0. The van der Waals surface area contributed by atoms with Crippen LogP contribution >= 0.6 is 0 Å². The van der Waals surface area contributed by atoms with Crippen molar-refractivity contribution >= 4 is 6.09 Å². The minimum absolute atomic E-state index is 0.113. The quantitative estimate of drug-likeness (QED) is 0.613. The van der Waals surface area contributed by atoms with Crippen LogP contribution in [-0.2, 0) is 4.74 Å². The van der Waals surface area contributed by atoms with Crippen LogP contribution in [0.4, 0.5) is 4.79 Å². The van der Waals surface area contributed by atoms with Crippen molar-refractivity contribution in [3.05, 3.63) is 12.7 Å². The summed E-state index contributed by atoms with van der Waals surface area (Å²) < 4.78 is 4.84. The lowest BCUT2D eigenvalue weighted by atomic mass is 10.0. The molecule has 1 rings (SSSR count). The van der Waals surface area contributed by atoms with Crippen LogP contribution < -0.4 is 5.73 Å². The van der Waals surface area contributed by atoms with Gasteiger partial charge in [-0.1, -0.05) is 12.7 Å². The normalized spacial score (nSPS) is 26.3. The predicted molar refractivity (Wildman–Crippen MR) is 51.7 cm³/mol. The zero-order valence-corrected chi connectivity index (χ0v) is 8.11. The van der Waals surface area contributed by atoms with Gasteiger partial charge in [0.1, 0.15) is 6.61 Å². The maximum Gasteiger partial charge on any atom is 0.410 e. The van der Waals surface area contributed by atoms with Gasteiger partial charge in [-0.05, 0) is 6.42 Å². The summed E-state index contributed by atoms with van der Waals surface area (Å²) in [6.07, 6.45) is 1.72. The molecular weight excluding hydrogens is 184 g/mol. The van der Waals surface area contributed by atoms with E-state index in [1.165, 1.54) is 11.0 Å². The molecule has 1 amide bonds. The number of likely N-dealkylation sites (tertiary alicyclic amines) is 1. The van der Waals surface area contributed by atoms with E-state index >= 15 is 0 Å². The minimum Gasteiger partial charge on any atom is -0.445 e. The number of amides is 1. The van der Waals surface area contributed by atoms with Gasteiger partial charge in [-0.3, -0.25) is 0 Å². The molecule has 0 spiro atoms. The molecule has 0 unspecified atom stereocenters. The number of aliphatic hydroxyl groups excluding tert-OH is 1. The molecule has 0 aromatic carbocycles. The van der Waals surface area contributed by atoms with Crippen molar-refractivity contribution in [1.29, 1.82) is 0 Å². The molecule has 1 fully saturated rings. The number of hydrogen-bond donors (Lipinski definition) is 2. The van der Waals surface area contributed by atoms with Crippen molar-refractivity contribution in [3.63, 3.8) is 0 Å². The summed E-state index contributed by atoms with van der Waals surface area (Å²) in [5, 5.41) is 8.98. The summed E-state index contributed by atoms with van der Waals surface area (Å²) >= 11 is 0. The molecule has 5 heteroatoms. The molecule has 0 saturated carbocycles. The minimum atomic E-state index is -0.660. The Labute approximate surface area is 83.1 Å². The van der Waals surface area contributed by atoms with Gasteiger partial charge in [0, 0.05) is 13.1 Å². The molecule has 0 bridgehead atoms. The van der Waals surface area contributed by atoms with E-state index in [9.17, 15) is 4.79 Å². The van der Waals surface area contributed by atoms with Gasteiger partial charge in [0.25, 0.3) is 0 Å². The first-order valence-electron chi connectivity index (χ1n) is 4.54. The first-order chi connectivity index (χ1) is 6.61. The third-order valence-corrected chi connectivity index (χ3v) is 2.28. The summed E-state index contributed by atoms with van der Waals surface area (Å²) in [6.45, 7) is 4.41. The molecule has 3 N–H and O–H groups in total. The average molecular weight is 200 g/mol. The molecule has 0 aromatic heterocycles. The van der Waals surface area contributed by atoms with Crippen LogP contribution in [-0.4, -0.2) is 47.9 Å². The molecule has 1 saturated heterocycles.